The van der Waals surface area contributed by atoms with Gasteiger partial charge < -0.3 is 9.84 Å². The van der Waals surface area contributed by atoms with E-state index in [0.29, 0.717) is 0 Å². The molecular weight excluding hydrogens is 212 g/mol. The molecule has 0 saturated heterocycles. The minimum absolute atomic E-state index is 0.332. The largest absolute Gasteiger partial charge is 0.494 e. The summed E-state index contributed by atoms with van der Waals surface area (Å²) in [6.07, 6.45) is 5.00. The smallest absolute Gasteiger partial charge is 0.119 e. The highest BCUT2D eigenvalue weighted by Crippen LogP contribution is 2.22. The van der Waals surface area contributed by atoms with E-state index in [4.69, 9.17) is 4.74 Å². The third-order valence-corrected chi connectivity index (χ3v) is 2.82. The monoisotopic (exact) mass is 236 g/mol. The maximum atomic E-state index is 9.97. The van der Waals surface area contributed by atoms with Crippen molar-refractivity contribution >= 4 is 0 Å². The molecule has 0 aliphatic heterocycles. The topological polar surface area (TPSA) is 29.5 Å². The number of ether oxygens (including phenoxy) is 1. The highest BCUT2D eigenvalue weighted by atomic mass is 16.5. The second-order valence-electron chi connectivity index (χ2n) is 4.43. The molecule has 1 N–H and O–H groups in total. The summed E-state index contributed by atoms with van der Waals surface area (Å²) in [7, 11) is 0. The van der Waals surface area contributed by atoms with Gasteiger partial charge in [-0.05, 0) is 30.5 Å². The Kier molecular flexibility index (Phi) is 6.71. The summed E-state index contributed by atoms with van der Waals surface area (Å²) < 4.78 is 5.51. The van der Waals surface area contributed by atoms with Crippen molar-refractivity contribution in [3.63, 3.8) is 0 Å². The van der Waals surface area contributed by atoms with Crippen LogP contribution in [-0.4, -0.2) is 11.7 Å². The van der Waals surface area contributed by atoms with Crippen molar-refractivity contribution in [2.24, 2.45) is 0 Å². The molecule has 0 saturated carbocycles. The quantitative estimate of drug-likeness (QED) is 0.689. The van der Waals surface area contributed by atoms with Gasteiger partial charge in [0.1, 0.15) is 5.75 Å². The van der Waals surface area contributed by atoms with Crippen LogP contribution in [0.2, 0.25) is 0 Å². The molecule has 0 radical (unpaired) electrons. The Morgan fingerprint density at radius 1 is 1.06 bits per heavy atom. The molecule has 1 atom stereocenters. The fourth-order valence-corrected chi connectivity index (χ4v) is 1.76. The molecule has 0 heterocycles. The SMILES string of the molecule is CCCCCC(O)c1ccc(OCCC)cc1. The number of aliphatic hydroxyl groups is 1. The number of rotatable bonds is 8. The zero-order valence-electron chi connectivity index (χ0n) is 11.0. The molecule has 17 heavy (non-hydrogen) atoms. The van der Waals surface area contributed by atoms with E-state index in [2.05, 4.69) is 13.8 Å². The Labute approximate surface area is 105 Å². The molecule has 0 aromatic heterocycles. The molecule has 1 aromatic rings. The van der Waals surface area contributed by atoms with E-state index in [0.717, 1.165) is 37.2 Å². The van der Waals surface area contributed by atoms with Crippen LogP contribution in [0.15, 0.2) is 24.3 Å². The summed E-state index contributed by atoms with van der Waals surface area (Å²) in [5, 5.41) is 9.97. The molecule has 0 bridgehead atoms. The van der Waals surface area contributed by atoms with Crippen molar-refractivity contribution in [1.29, 1.82) is 0 Å². The van der Waals surface area contributed by atoms with Crippen molar-refractivity contribution < 1.29 is 9.84 Å². The van der Waals surface area contributed by atoms with Crippen molar-refractivity contribution in [3.8, 4) is 5.75 Å². The molecule has 1 unspecified atom stereocenters. The Balaban J connectivity index is 2.43. The van der Waals surface area contributed by atoms with Gasteiger partial charge in [0.2, 0.25) is 0 Å². The van der Waals surface area contributed by atoms with E-state index in [1.54, 1.807) is 0 Å². The van der Waals surface area contributed by atoms with Crippen LogP contribution in [0.3, 0.4) is 0 Å². The number of hydrogen-bond acceptors (Lipinski definition) is 2. The van der Waals surface area contributed by atoms with Gasteiger partial charge in [0.15, 0.2) is 0 Å². The van der Waals surface area contributed by atoms with Gasteiger partial charge in [0.25, 0.3) is 0 Å². The lowest BCUT2D eigenvalue weighted by molar-refractivity contribution is 0.163. The summed E-state index contributed by atoms with van der Waals surface area (Å²) in [6.45, 7) is 5.01. The molecule has 96 valence electrons. The maximum Gasteiger partial charge on any atom is 0.119 e. The zero-order valence-corrected chi connectivity index (χ0v) is 11.0. The van der Waals surface area contributed by atoms with E-state index in [1.807, 2.05) is 24.3 Å². The lowest BCUT2D eigenvalue weighted by Crippen LogP contribution is -1.98. The van der Waals surface area contributed by atoms with Crippen molar-refractivity contribution in [1.82, 2.24) is 0 Å². The highest BCUT2D eigenvalue weighted by molar-refractivity contribution is 5.28. The normalized spacial score (nSPS) is 12.4. The number of aliphatic hydroxyl groups excluding tert-OH is 1. The molecule has 0 fully saturated rings. The predicted octanol–water partition coefficient (Wildman–Crippen LogP) is 4.09. The molecule has 0 spiro atoms. The summed E-state index contributed by atoms with van der Waals surface area (Å²) in [5.74, 6) is 0.886. The van der Waals surface area contributed by atoms with Crippen LogP contribution in [0.25, 0.3) is 0 Å². The van der Waals surface area contributed by atoms with Crippen LogP contribution in [-0.2, 0) is 0 Å². The molecule has 0 aliphatic carbocycles. The van der Waals surface area contributed by atoms with E-state index in [1.165, 1.54) is 12.8 Å². The number of hydrogen-bond donors (Lipinski definition) is 1. The van der Waals surface area contributed by atoms with Crippen LogP contribution in [0, 0.1) is 0 Å². The van der Waals surface area contributed by atoms with Gasteiger partial charge in [0.05, 0.1) is 12.7 Å². The summed E-state index contributed by atoms with van der Waals surface area (Å²) in [4.78, 5) is 0. The second kappa shape index (κ2) is 8.13. The lowest BCUT2D eigenvalue weighted by Gasteiger charge is -2.11. The first kappa shape index (κ1) is 14.0. The zero-order chi connectivity index (χ0) is 12.5. The average Bonchev–Trinajstić information content (AvgIpc) is 2.37. The van der Waals surface area contributed by atoms with E-state index in [-0.39, 0.29) is 6.10 Å². The van der Waals surface area contributed by atoms with Crippen LogP contribution in [0.4, 0.5) is 0 Å². The van der Waals surface area contributed by atoms with Gasteiger partial charge in [-0.1, -0.05) is 45.2 Å². The van der Waals surface area contributed by atoms with Gasteiger partial charge >= 0.3 is 0 Å². The minimum atomic E-state index is -0.332. The first-order chi connectivity index (χ1) is 8.27. The summed E-state index contributed by atoms with van der Waals surface area (Å²) in [5.41, 5.74) is 0.991. The first-order valence-electron chi connectivity index (χ1n) is 6.68. The Morgan fingerprint density at radius 3 is 2.35 bits per heavy atom. The predicted molar refractivity (Wildman–Crippen MR) is 71.3 cm³/mol. The van der Waals surface area contributed by atoms with Crippen LogP contribution in [0.5, 0.6) is 5.75 Å². The molecule has 0 aliphatic rings. The molecule has 2 heteroatoms. The van der Waals surface area contributed by atoms with Gasteiger partial charge in [-0.2, -0.15) is 0 Å². The van der Waals surface area contributed by atoms with E-state index in [9.17, 15) is 5.11 Å². The van der Waals surface area contributed by atoms with Gasteiger partial charge in [-0.15, -0.1) is 0 Å². The van der Waals surface area contributed by atoms with Crippen LogP contribution >= 0.6 is 0 Å². The second-order valence-corrected chi connectivity index (χ2v) is 4.43. The van der Waals surface area contributed by atoms with Gasteiger partial charge in [-0.3, -0.25) is 0 Å². The van der Waals surface area contributed by atoms with Crippen LogP contribution in [0.1, 0.15) is 57.6 Å². The van der Waals surface area contributed by atoms with Crippen molar-refractivity contribution in [3.05, 3.63) is 29.8 Å². The van der Waals surface area contributed by atoms with E-state index >= 15 is 0 Å². The molecule has 1 rings (SSSR count). The van der Waals surface area contributed by atoms with Gasteiger partial charge in [0, 0.05) is 0 Å². The molecule has 1 aromatic carbocycles. The fraction of sp³-hybridized carbons (Fsp3) is 0.600. The summed E-state index contributed by atoms with van der Waals surface area (Å²) >= 11 is 0. The van der Waals surface area contributed by atoms with Crippen LogP contribution < -0.4 is 4.74 Å². The third-order valence-electron chi connectivity index (χ3n) is 2.82. The van der Waals surface area contributed by atoms with Crippen molar-refractivity contribution in [2.45, 2.75) is 52.1 Å². The Hall–Kier alpha value is -1.02. The Morgan fingerprint density at radius 2 is 1.76 bits per heavy atom. The molecule has 2 nitrogen and oxygen atoms in total. The maximum absolute atomic E-state index is 9.97. The van der Waals surface area contributed by atoms with Gasteiger partial charge in [-0.25, -0.2) is 0 Å². The molecule has 0 amide bonds. The van der Waals surface area contributed by atoms with Crippen molar-refractivity contribution in [2.75, 3.05) is 6.61 Å². The summed E-state index contributed by atoms with van der Waals surface area (Å²) in [6, 6.07) is 7.80. The molecular formula is C15H24O2. The number of benzene rings is 1. The highest BCUT2D eigenvalue weighted by Gasteiger charge is 2.06. The van der Waals surface area contributed by atoms with E-state index < -0.39 is 0 Å². The number of unbranched alkanes of at least 4 members (excludes halogenated alkanes) is 2. The standard InChI is InChI=1S/C15H24O2/c1-3-5-6-7-15(16)13-8-10-14(11-9-13)17-12-4-2/h8-11,15-16H,3-7,12H2,1-2H3. The average molecular weight is 236 g/mol. The minimum Gasteiger partial charge on any atom is -0.494 e. The third kappa shape index (κ3) is 5.22. The lowest BCUT2D eigenvalue weighted by atomic mass is 10.0. The first-order valence-corrected chi connectivity index (χ1v) is 6.68. The fourth-order valence-electron chi connectivity index (χ4n) is 1.76. The Bertz CT molecular complexity index is 292.